The van der Waals surface area contributed by atoms with E-state index in [9.17, 15) is 23.1 Å². The second-order valence-electron chi connectivity index (χ2n) is 5.08. The molecule has 0 saturated heterocycles. The molecule has 7 nitrogen and oxygen atoms in total. The van der Waals surface area contributed by atoms with Crippen LogP contribution in [0.4, 0.5) is 18.9 Å². The highest BCUT2D eigenvalue weighted by molar-refractivity contribution is 6.08. The van der Waals surface area contributed by atoms with E-state index in [1.54, 1.807) is 19.2 Å². The van der Waals surface area contributed by atoms with Gasteiger partial charge in [0.25, 0.3) is 5.91 Å². The van der Waals surface area contributed by atoms with Gasteiger partial charge in [-0.25, -0.2) is 9.50 Å². The lowest BCUT2D eigenvalue weighted by atomic mass is 10.2. The summed E-state index contributed by atoms with van der Waals surface area (Å²) in [6, 6.07) is 4.66. The van der Waals surface area contributed by atoms with Gasteiger partial charge in [0.2, 0.25) is 0 Å². The number of hydrogen-bond donors (Lipinski definition) is 2. The summed E-state index contributed by atoms with van der Waals surface area (Å²) < 4.78 is 42.6. The van der Waals surface area contributed by atoms with Crippen LogP contribution >= 0.6 is 0 Å². The number of amides is 1. The van der Waals surface area contributed by atoms with Crippen molar-refractivity contribution in [2.45, 2.75) is 13.3 Å². The molecule has 0 aliphatic carbocycles. The maximum absolute atomic E-state index is 12.5. The number of aromatic hydroxyl groups is 1. The largest absolute Gasteiger partial charge is 0.573 e. The fourth-order valence-corrected chi connectivity index (χ4v) is 2.13. The van der Waals surface area contributed by atoms with Crippen molar-refractivity contribution >= 4 is 17.2 Å². The Bertz CT molecular complexity index is 953. The molecule has 10 heteroatoms. The molecular weight excluding hydrogens is 341 g/mol. The highest BCUT2D eigenvalue weighted by Gasteiger charge is 2.32. The quantitative estimate of drug-likeness (QED) is 0.708. The van der Waals surface area contributed by atoms with Gasteiger partial charge >= 0.3 is 6.36 Å². The molecule has 2 N–H and O–H groups in total. The zero-order valence-electron chi connectivity index (χ0n) is 12.7. The van der Waals surface area contributed by atoms with Gasteiger partial charge in [-0.2, -0.15) is 5.10 Å². The van der Waals surface area contributed by atoms with Crippen LogP contribution in [-0.2, 0) is 0 Å². The van der Waals surface area contributed by atoms with Crippen molar-refractivity contribution in [3.8, 4) is 11.5 Å². The molecule has 25 heavy (non-hydrogen) atoms. The number of alkyl halides is 3. The Balaban J connectivity index is 1.94. The molecule has 0 radical (unpaired) electrons. The lowest BCUT2D eigenvalue weighted by Gasteiger charge is -2.14. The molecule has 0 fully saturated rings. The van der Waals surface area contributed by atoms with Crippen LogP contribution in [0.1, 0.15) is 16.1 Å². The number of ether oxygens (including phenoxy) is 1. The Morgan fingerprint density at radius 2 is 2.08 bits per heavy atom. The molecule has 1 aromatic carbocycles. The van der Waals surface area contributed by atoms with Crippen LogP contribution in [0, 0.1) is 6.92 Å². The molecule has 0 aliphatic rings. The average molecular weight is 352 g/mol. The zero-order valence-corrected chi connectivity index (χ0v) is 12.7. The van der Waals surface area contributed by atoms with E-state index in [1.807, 2.05) is 0 Å². The third kappa shape index (κ3) is 3.62. The maximum atomic E-state index is 12.5. The first-order chi connectivity index (χ1) is 11.7. The molecule has 2 heterocycles. The highest BCUT2D eigenvalue weighted by Crippen LogP contribution is 2.33. The first kappa shape index (κ1) is 16.6. The maximum Gasteiger partial charge on any atom is 0.573 e. The van der Waals surface area contributed by atoms with E-state index in [1.165, 1.54) is 10.7 Å². The van der Waals surface area contributed by atoms with Gasteiger partial charge in [0.15, 0.2) is 11.4 Å². The third-order valence-electron chi connectivity index (χ3n) is 3.19. The number of carbonyl (C=O) groups is 1. The topological polar surface area (TPSA) is 88.8 Å². The van der Waals surface area contributed by atoms with Crippen LogP contribution in [0.3, 0.4) is 0 Å². The summed E-state index contributed by atoms with van der Waals surface area (Å²) in [6.07, 6.45) is -2.12. The van der Waals surface area contributed by atoms with Crippen LogP contribution in [0.5, 0.6) is 11.5 Å². The van der Waals surface area contributed by atoms with Crippen LogP contribution in [0.2, 0.25) is 0 Å². The smallest absolute Gasteiger partial charge is 0.508 e. The number of nitrogens with zero attached hydrogens (tertiary/aromatic N) is 3. The van der Waals surface area contributed by atoms with E-state index in [-0.39, 0.29) is 16.9 Å². The number of halogens is 3. The number of aromatic nitrogens is 3. The SMILES string of the molecule is Cc1ccn2ncc(C(=O)Nc3ccc(O)cc3OC(F)(F)F)c2n1. The normalized spacial score (nSPS) is 11.5. The molecule has 0 aliphatic heterocycles. The van der Waals surface area contributed by atoms with Gasteiger partial charge in [0.1, 0.15) is 11.3 Å². The molecule has 0 atom stereocenters. The Morgan fingerprint density at radius 1 is 1.32 bits per heavy atom. The first-order valence-electron chi connectivity index (χ1n) is 6.94. The van der Waals surface area contributed by atoms with Crippen molar-refractivity contribution < 1.29 is 27.8 Å². The standard InChI is InChI=1S/C15H11F3N4O3/c1-8-4-5-22-13(20-8)10(7-19-22)14(24)21-11-3-2-9(23)6-12(11)25-15(16,17)18/h2-7,23H,1H3,(H,21,24). The van der Waals surface area contributed by atoms with Crippen LogP contribution in [-0.4, -0.2) is 32.0 Å². The summed E-state index contributed by atoms with van der Waals surface area (Å²) in [5, 5.41) is 15.6. The molecule has 3 rings (SSSR count). The molecule has 1 amide bonds. The van der Waals surface area contributed by atoms with Gasteiger partial charge in [-0.15, -0.1) is 13.2 Å². The minimum atomic E-state index is -4.98. The molecular formula is C15H11F3N4O3. The first-order valence-corrected chi connectivity index (χ1v) is 6.94. The minimum Gasteiger partial charge on any atom is -0.508 e. The number of anilines is 1. The summed E-state index contributed by atoms with van der Waals surface area (Å²) in [6.45, 7) is 1.73. The molecule has 0 bridgehead atoms. The Kier molecular flexibility index (Phi) is 3.95. The van der Waals surface area contributed by atoms with Crippen molar-refractivity contribution in [1.82, 2.24) is 14.6 Å². The zero-order chi connectivity index (χ0) is 18.2. The van der Waals surface area contributed by atoms with Crippen molar-refractivity contribution in [3.63, 3.8) is 0 Å². The van der Waals surface area contributed by atoms with Crippen molar-refractivity contribution in [3.05, 3.63) is 47.9 Å². The van der Waals surface area contributed by atoms with E-state index in [2.05, 4.69) is 20.1 Å². The molecule has 0 saturated carbocycles. The lowest BCUT2D eigenvalue weighted by Crippen LogP contribution is -2.19. The third-order valence-corrected chi connectivity index (χ3v) is 3.19. The molecule has 2 aromatic heterocycles. The number of carbonyl (C=O) groups excluding carboxylic acids is 1. The molecule has 0 unspecified atom stereocenters. The Labute approximate surface area is 138 Å². The van der Waals surface area contributed by atoms with Crippen LogP contribution in [0.15, 0.2) is 36.7 Å². The van der Waals surface area contributed by atoms with Gasteiger partial charge in [-0.3, -0.25) is 4.79 Å². The van der Waals surface area contributed by atoms with Gasteiger partial charge in [0.05, 0.1) is 11.9 Å². The highest BCUT2D eigenvalue weighted by atomic mass is 19.4. The fraction of sp³-hybridized carbons (Fsp3) is 0.133. The number of fused-ring (bicyclic) bond motifs is 1. The summed E-state index contributed by atoms with van der Waals surface area (Å²) in [5.41, 5.74) is 0.726. The van der Waals surface area contributed by atoms with Crippen molar-refractivity contribution in [2.75, 3.05) is 5.32 Å². The van der Waals surface area contributed by atoms with Gasteiger partial charge in [-0.1, -0.05) is 0 Å². The lowest BCUT2D eigenvalue weighted by molar-refractivity contribution is -0.274. The Morgan fingerprint density at radius 3 is 2.80 bits per heavy atom. The van der Waals surface area contributed by atoms with Gasteiger partial charge in [-0.05, 0) is 25.1 Å². The average Bonchev–Trinajstić information content (AvgIpc) is 2.91. The predicted molar refractivity (Wildman–Crippen MR) is 80.5 cm³/mol. The van der Waals surface area contributed by atoms with E-state index < -0.39 is 23.8 Å². The van der Waals surface area contributed by atoms with Crippen molar-refractivity contribution in [2.24, 2.45) is 0 Å². The molecule has 3 aromatic rings. The number of nitrogens with one attached hydrogen (secondary N) is 1. The second-order valence-corrected chi connectivity index (χ2v) is 5.08. The monoisotopic (exact) mass is 352 g/mol. The second kappa shape index (κ2) is 5.96. The van der Waals surface area contributed by atoms with E-state index in [4.69, 9.17) is 0 Å². The molecule has 0 spiro atoms. The van der Waals surface area contributed by atoms with Crippen LogP contribution < -0.4 is 10.1 Å². The van der Waals surface area contributed by atoms with E-state index in [0.717, 1.165) is 18.2 Å². The molecule has 130 valence electrons. The number of benzene rings is 1. The summed E-state index contributed by atoms with van der Waals surface area (Å²) in [7, 11) is 0. The Hall–Kier alpha value is -3.30. The summed E-state index contributed by atoms with van der Waals surface area (Å²) in [5.74, 6) is -1.89. The number of hydrogen-bond acceptors (Lipinski definition) is 5. The number of phenolic OH excluding ortho intramolecular Hbond substituents is 1. The summed E-state index contributed by atoms with van der Waals surface area (Å²) in [4.78, 5) is 16.6. The van der Waals surface area contributed by atoms with Crippen molar-refractivity contribution in [1.29, 1.82) is 0 Å². The van der Waals surface area contributed by atoms with E-state index in [0.29, 0.717) is 5.69 Å². The van der Waals surface area contributed by atoms with Gasteiger partial charge < -0.3 is 15.2 Å². The number of rotatable bonds is 3. The van der Waals surface area contributed by atoms with Crippen LogP contribution in [0.25, 0.3) is 5.65 Å². The fourth-order valence-electron chi connectivity index (χ4n) is 2.13. The summed E-state index contributed by atoms with van der Waals surface area (Å²) >= 11 is 0. The minimum absolute atomic E-state index is 0.0785. The predicted octanol–water partition coefficient (Wildman–Crippen LogP) is 2.89. The van der Waals surface area contributed by atoms with Gasteiger partial charge in [0, 0.05) is 18.0 Å². The van der Waals surface area contributed by atoms with E-state index >= 15 is 0 Å². The number of aryl methyl sites for hydroxylation is 1. The number of phenols is 1.